The summed E-state index contributed by atoms with van der Waals surface area (Å²) in [6, 6.07) is 10.2. The Morgan fingerprint density at radius 1 is 0.875 bits per heavy atom. The average molecular weight is 216 g/mol. The molecule has 4 nitrogen and oxygen atoms in total. The van der Waals surface area contributed by atoms with E-state index in [1.54, 1.807) is 12.1 Å². The molecule has 0 radical (unpaired) electrons. The van der Waals surface area contributed by atoms with Crippen molar-refractivity contribution in [3.05, 3.63) is 42.5 Å². The van der Waals surface area contributed by atoms with Crippen molar-refractivity contribution in [1.82, 2.24) is 0 Å². The van der Waals surface area contributed by atoms with Gasteiger partial charge in [0, 0.05) is 0 Å². The second kappa shape index (κ2) is 4.02. The number of aromatic hydroxyl groups is 1. The standard InChI is InChI=1S/C12H10O4/c13-8-4-1-2-6-10(8)16-11-7-3-5-9(14)12(11)15/h1-7,13-15H/p-2. The van der Waals surface area contributed by atoms with Gasteiger partial charge in [0.05, 0.1) is 0 Å². The van der Waals surface area contributed by atoms with Crippen LogP contribution in [-0.4, -0.2) is 5.11 Å². The van der Waals surface area contributed by atoms with Gasteiger partial charge in [0.15, 0.2) is 11.5 Å². The predicted molar refractivity (Wildman–Crippen MR) is 53.5 cm³/mol. The van der Waals surface area contributed by atoms with Crippen molar-refractivity contribution in [3.8, 4) is 28.7 Å². The first-order valence-electron chi connectivity index (χ1n) is 4.61. The third-order valence-corrected chi connectivity index (χ3v) is 2.03. The van der Waals surface area contributed by atoms with Crippen molar-refractivity contribution in [1.29, 1.82) is 0 Å². The van der Waals surface area contributed by atoms with Gasteiger partial charge in [0.2, 0.25) is 0 Å². The second-order valence-electron chi connectivity index (χ2n) is 3.15. The molecule has 0 bridgehead atoms. The van der Waals surface area contributed by atoms with Crippen LogP contribution in [0.25, 0.3) is 0 Å². The summed E-state index contributed by atoms with van der Waals surface area (Å²) < 4.78 is 5.16. The Kier molecular flexibility index (Phi) is 2.55. The SMILES string of the molecule is [O-]c1cccc(Oc2ccccc2O)c1[O-]. The van der Waals surface area contributed by atoms with Crippen LogP contribution in [0.2, 0.25) is 0 Å². The van der Waals surface area contributed by atoms with Gasteiger partial charge in [-0.05, 0) is 18.2 Å². The van der Waals surface area contributed by atoms with Crippen LogP contribution in [0, 0.1) is 0 Å². The van der Waals surface area contributed by atoms with Gasteiger partial charge in [-0.2, -0.15) is 0 Å². The summed E-state index contributed by atoms with van der Waals surface area (Å²) in [5.41, 5.74) is 0. The quantitative estimate of drug-likeness (QED) is 0.821. The van der Waals surface area contributed by atoms with Crippen molar-refractivity contribution < 1.29 is 20.1 Å². The lowest BCUT2D eigenvalue weighted by molar-refractivity contribution is -0.318. The fourth-order valence-electron chi connectivity index (χ4n) is 1.24. The molecule has 0 unspecified atom stereocenters. The molecule has 82 valence electrons. The van der Waals surface area contributed by atoms with Crippen molar-refractivity contribution in [2.45, 2.75) is 0 Å². The highest BCUT2D eigenvalue weighted by molar-refractivity contribution is 5.50. The van der Waals surface area contributed by atoms with Gasteiger partial charge in [0.25, 0.3) is 0 Å². The Balaban J connectivity index is 2.35. The zero-order valence-corrected chi connectivity index (χ0v) is 8.21. The minimum absolute atomic E-state index is 0.0850. The Labute approximate surface area is 92.0 Å². The van der Waals surface area contributed by atoms with Gasteiger partial charge < -0.3 is 20.1 Å². The molecule has 0 saturated heterocycles. The first-order chi connectivity index (χ1) is 7.68. The molecule has 0 saturated carbocycles. The molecule has 4 heteroatoms. The third kappa shape index (κ3) is 1.86. The highest BCUT2D eigenvalue weighted by atomic mass is 16.5. The van der Waals surface area contributed by atoms with Crippen LogP contribution < -0.4 is 14.9 Å². The van der Waals surface area contributed by atoms with E-state index in [2.05, 4.69) is 0 Å². The lowest BCUT2D eigenvalue weighted by Crippen LogP contribution is -2.01. The number of ether oxygens (including phenoxy) is 1. The van der Waals surface area contributed by atoms with E-state index < -0.39 is 11.5 Å². The van der Waals surface area contributed by atoms with Crippen molar-refractivity contribution in [2.75, 3.05) is 0 Å². The number of benzene rings is 2. The van der Waals surface area contributed by atoms with Crippen LogP contribution in [-0.2, 0) is 0 Å². The first kappa shape index (κ1) is 10.2. The highest BCUT2D eigenvalue weighted by Gasteiger charge is 2.02. The van der Waals surface area contributed by atoms with Gasteiger partial charge in [-0.15, -0.1) is 5.75 Å². The molecule has 0 fully saturated rings. The van der Waals surface area contributed by atoms with Gasteiger partial charge in [-0.3, -0.25) is 0 Å². The molecule has 0 spiro atoms. The fourth-order valence-corrected chi connectivity index (χ4v) is 1.24. The molecule has 0 atom stereocenters. The van der Waals surface area contributed by atoms with E-state index >= 15 is 0 Å². The number of hydrogen-bond acceptors (Lipinski definition) is 4. The largest absolute Gasteiger partial charge is 0.873 e. The van der Waals surface area contributed by atoms with E-state index in [9.17, 15) is 15.3 Å². The average Bonchev–Trinajstić information content (AvgIpc) is 2.28. The maximum atomic E-state index is 11.4. The van der Waals surface area contributed by atoms with E-state index in [0.717, 1.165) is 0 Å². The summed E-state index contributed by atoms with van der Waals surface area (Å²) in [5, 5.41) is 31.9. The van der Waals surface area contributed by atoms with Crippen molar-refractivity contribution in [3.63, 3.8) is 0 Å². The molecule has 1 N–H and O–H groups in total. The molecule has 2 aromatic rings. The van der Waals surface area contributed by atoms with Crippen molar-refractivity contribution >= 4 is 0 Å². The highest BCUT2D eigenvalue weighted by Crippen LogP contribution is 2.36. The summed E-state index contributed by atoms with van der Waals surface area (Å²) in [7, 11) is 0. The summed E-state index contributed by atoms with van der Waals surface area (Å²) >= 11 is 0. The van der Waals surface area contributed by atoms with Crippen LogP contribution in [0.15, 0.2) is 42.5 Å². The number of hydrogen-bond donors (Lipinski definition) is 1. The fraction of sp³-hybridized carbons (Fsp3) is 0. The lowest BCUT2D eigenvalue weighted by Gasteiger charge is -2.21. The minimum atomic E-state index is -0.717. The number of phenols is 1. The molecule has 0 aliphatic heterocycles. The molecule has 0 aliphatic carbocycles. The third-order valence-electron chi connectivity index (χ3n) is 2.03. The molecular weight excluding hydrogens is 208 g/mol. The van der Waals surface area contributed by atoms with E-state index in [1.165, 1.54) is 30.3 Å². The minimum Gasteiger partial charge on any atom is -0.873 e. The summed E-state index contributed by atoms with van der Waals surface area (Å²) in [6.07, 6.45) is 0. The monoisotopic (exact) mass is 216 g/mol. The van der Waals surface area contributed by atoms with Crippen LogP contribution in [0.3, 0.4) is 0 Å². The molecule has 2 aromatic carbocycles. The zero-order chi connectivity index (χ0) is 11.5. The first-order valence-corrected chi connectivity index (χ1v) is 4.61. The summed E-state index contributed by atoms with van der Waals surface area (Å²) in [5.74, 6) is -1.38. The summed E-state index contributed by atoms with van der Waals surface area (Å²) in [6.45, 7) is 0. The second-order valence-corrected chi connectivity index (χ2v) is 3.15. The molecule has 0 aliphatic rings. The van der Waals surface area contributed by atoms with Gasteiger partial charge in [-0.25, -0.2) is 0 Å². The van der Waals surface area contributed by atoms with Gasteiger partial charge >= 0.3 is 0 Å². The Hall–Kier alpha value is -2.36. The predicted octanol–water partition coefficient (Wildman–Crippen LogP) is 1.33. The number of phenolic OH excluding ortho intramolecular Hbond substituents is 1. The summed E-state index contributed by atoms with van der Waals surface area (Å²) in [4.78, 5) is 0. The number of rotatable bonds is 2. The van der Waals surface area contributed by atoms with Crippen LogP contribution in [0.1, 0.15) is 0 Å². The molecule has 2 rings (SSSR count). The molecule has 16 heavy (non-hydrogen) atoms. The molecule has 0 heterocycles. The maximum absolute atomic E-state index is 11.4. The molecule has 0 aromatic heterocycles. The van der Waals surface area contributed by atoms with Gasteiger partial charge in [0.1, 0.15) is 5.75 Å². The zero-order valence-electron chi connectivity index (χ0n) is 8.21. The number of para-hydroxylation sites is 3. The van der Waals surface area contributed by atoms with Crippen LogP contribution in [0.4, 0.5) is 0 Å². The lowest BCUT2D eigenvalue weighted by atomic mass is 10.3. The van der Waals surface area contributed by atoms with E-state index in [0.29, 0.717) is 0 Å². The topological polar surface area (TPSA) is 75.6 Å². The Morgan fingerprint density at radius 2 is 1.56 bits per heavy atom. The Bertz CT molecular complexity index is 508. The van der Waals surface area contributed by atoms with Gasteiger partial charge in [-0.1, -0.05) is 30.0 Å². The Morgan fingerprint density at radius 3 is 2.31 bits per heavy atom. The smallest absolute Gasteiger partial charge is 0.168 e. The van der Waals surface area contributed by atoms with Crippen LogP contribution >= 0.6 is 0 Å². The van der Waals surface area contributed by atoms with E-state index in [4.69, 9.17) is 4.74 Å². The molecular formula is C12H8O4-2. The molecule has 0 amide bonds. The normalized spacial score (nSPS) is 10.0. The van der Waals surface area contributed by atoms with E-state index in [1.807, 2.05) is 0 Å². The maximum Gasteiger partial charge on any atom is 0.168 e. The van der Waals surface area contributed by atoms with E-state index in [-0.39, 0.29) is 17.2 Å². The van der Waals surface area contributed by atoms with Crippen molar-refractivity contribution in [2.24, 2.45) is 0 Å². The van der Waals surface area contributed by atoms with Crippen LogP contribution in [0.5, 0.6) is 28.7 Å².